The van der Waals surface area contributed by atoms with Crippen LogP contribution in [0.2, 0.25) is 0 Å². The van der Waals surface area contributed by atoms with E-state index in [9.17, 15) is 14.4 Å². The molecule has 0 saturated carbocycles. The van der Waals surface area contributed by atoms with Gasteiger partial charge in [0.1, 0.15) is 0 Å². The lowest BCUT2D eigenvalue weighted by Crippen LogP contribution is -2.29. The molecule has 0 radical (unpaired) electrons. The second kappa shape index (κ2) is 6.74. The van der Waals surface area contributed by atoms with Crippen molar-refractivity contribution < 1.29 is 14.4 Å². The monoisotopic (exact) mass is 311 g/mol. The number of amides is 3. The van der Waals surface area contributed by atoms with Gasteiger partial charge < -0.3 is 16.4 Å². The minimum absolute atomic E-state index is 0.322. The SMILES string of the molecule is Cc1cccc(C)c1NC(=O)C(=O)Nc1ccc(C(N)=O)cc1. The molecule has 3 amide bonds. The number of carbonyl (C=O) groups is 3. The fraction of sp³-hybridized carbons (Fsp3) is 0.118. The molecule has 0 aliphatic rings. The molecule has 0 fully saturated rings. The van der Waals surface area contributed by atoms with Crippen LogP contribution < -0.4 is 16.4 Å². The number of carbonyl (C=O) groups excluding carboxylic acids is 3. The third-order valence-corrected chi connectivity index (χ3v) is 3.35. The molecule has 2 aromatic carbocycles. The molecular weight excluding hydrogens is 294 g/mol. The zero-order valence-electron chi connectivity index (χ0n) is 12.8. The normalized spacial score (nSPS) is 10.0. The number of nitrogens with one attached hydrogen (secondary N) is 2. The van der Waals surface area contributed by atoms with Crippen LogP contribution in [0.1, 0.15) is 21.5 Å². The van der Waals surface area contributed by atoms with Crippen molar-refractivity contribution in [2.45, 2.75) is 13.8 Å². The van der Waals surface area contributed by atoms with Crippen molar-refractivity contribution in [3.05, 3.63) is 59.2 Å². The topological polar surface area (TPSA) is 101 Å². The summed E-state index contributed by atoms with van der Waals surface area (Å²) in [6.07, 6.45) is 0. The van der Waals surface area contributed by atoms with E-state index in [-0.39, 0.29) is 0 Å². The number of rotatable bonds is 3. The molecule has 0 aliphatic carbocycles. The average molecular weight is 311 g/mol. The first-order valence-electron chi connectivity index (χ1n) is 6.97. The molecular formula is C17H17N3O3. The van der Waals surface area contributed by atoms with Gasteiger partial charge in [-0.3, -0.25) is 14.4 Å². The van der Waals surface area contributed by atoms with E-state index in [1.807, 2.05) is 32.0 Å². The highest BCUT2D eigenvalue weighted by Gasteiger charge is 2.16. The van der Waals surface area contributed by atoms with Gasteiger partial charge in [0.2, 0.25) is 5.91 Å². The Bertz CT molecular complexity index is 747. The van der Waals surface area contributed by atoms with E-state index in [4.69, 9.17) is 5.73 Å². The van der Waals surface area contributed by atoms with E-state index in [0.717, 1.165) is 11.1 Å². The minimum atomic E-state index is -0.792. The molecule has 0 aromatic heterocycles. The maximum atomic E-state index is 12.0. The highest BCUT2D eigenvalue weighted by Crippen LogP contribution is 2.19. The fourth-order valence-electron chi connectivity index (χ4n) is 2.09. The molecule has 0 spiro atoms. The molecule has 6 nitrogen and oxygen atoms in total. The number of aryl methyl sites for hydroxylation is 2. The van der Waals surface area contributed by atoms with Crippen molar-refractivity contribution in [1.29, 1.82) is 0 Å². The standard InChI is InChI=1S/C17H17N3O3/c1-10-4-3-5-11(2)14(10)20-17(23)16(22)19-13-8-6-12(7-9-13)15(18)21/h3-9H,1-2H3,(H2,18,21)(H,19,22)(H,20,23). The van der Waals surface area contributed by atoms with Crippen molar-refractivity contribution in [3.8, 4) is 0 Å². The van der Waals surface area contributed by atoms with Crippen LogP contribution in [-0.2, 0) is 9.59 Å². The Kier molecular flexibility index (Phi) is 4.75. The number of nitrogens with two attached hydrogens (primary N) is 1. The zero-order chi connectivity index (χ0) is 17.0. The molecule has 4 N–H and O–H groups in total. The van der Waals surface area contributed by atoms with Gasteiger partial charge in [0.25, 0.3) is 0 Å². The molecule has 6 heteroatoms. The van der Waals surface area contributed by atoms with Crippen LogP contribution in [0, 0.1) is 13.8 Å². The van der Waals surface area contributed by atoms with Crippen LogP contribution in [0.3, 0.4) is 0 Å². The summed E-state index contributed by atoms with van der Waals surface area (Å²) in [5.41, 5.74) is 8.23. The van der Waals surface area contributed by atoms with Gasteiger partial charge in [0.15, 0.2) is 0 Å². The molecule has 118 valence electrons. The maximum absolute atomic E-state index is 12.0. The van der Waals surface area contributed by atoms with Gasteiger partial charge in [-0.25, -0.2) is 0 Å². The molecule has 0 heterocycles. The lowest BCUT2D eigenvalue weighted by atomic mass is 10.1. The van der Waals surface area contributed by atoms with Crippen LogP contribution in [0.5, 0.6) is 0 Å². The highest BCUT2D eigenvalue weighted by atomic mass is 16.2. The molecule has 2 aromatic rings. The van der Waals surface area contributed by atoms with E-state index in [2.05, 4.69) is 10.6 Å². The predicted octanol–water partition coefficient (Wildman–Crippen LogP) is 1.98. The lowest BCUT2D eigenvalue weighted by molar-refractivity contribution is -0.133. The number of para-hydroxylation sites is 1. The molecule has 0 bridgehead atoms. The molecule has 0 aliphatic heterocycles. The molecule has 0 saturated heterocycles. The van der Waals surface area contributed by atoms with E-state index < -0.39 is 17.7 Å². The number of primary amides is 1. The summed E-state index contributed by atoms with van der Waals surface area (Å²) >= 11 is 0. The average Bonchev–Trinajstić information content (AvgIpc) is 2.51. The summed E-state index contributed by atoms with van der Waals surface area (Å²) in [5.74, 6) is -2.11. The predicted molar refractivity (Wildman–Crippen MR) is 88.1 cm³/mol. The molecule has 0 atom stereocenters. The third kappa shape index (κ3) is 3.94. The Morgan fingerprint density at radius 3 is 1.87 bits per heavy atom. The van der Waals surface area contributed by atoms with Crippen molar-refractivity contribution >= 4 is 29.1 Å². The lowest BCUT2D eigenvalue weighted by Gasteiger charge is -2.11. The first kappa shape index (κ1) is 16.2. The summed E-state index contributed by atoms with van der Waals surface area (Å²) in [7, 11) is 0. The smallest absolute Gasteiger partial charge is 0.314 e. The quantitative estimate of drug-likeness (QED) is 0.755. The molecule has 2 rings (SSSR count). The van der Waals surface area contributed by atoms with Gasteiger partial charge >= 0.3 is 11.8 Å². The van der Waals surface area contributed by atoms with Gasteiger partial charge in [0, 0.05) is 16.9 Å². The van der Waals surface area contributed by atoms with Crippen molar-refractivity contribution in [2.75, 3.05) is 10.6 Å². The minimum Gasteiger partial charge on any atom is -0.366 e. The summed E-state index contributed by atoms with van der Waals surface area (Å²) in [6.45, 7) is 3.70. The van der Waals surface area contributed by atoms with E-state index >= 15 is 0 Å². The van der Waals surface area contributed by atoms with Gasteiger partial charge in [-0.15, -0.1) is 0 Å². The second-order valence-electron chi connectivity index (χ2n) is 5.12. The third-order valence-electron chi connectivity index (χ3n) is 3.35. The summed E-state index contributed by atoms with van der Waals surface area (Å²) in [4.78, 5) is 34.9. The number of benzene rings is 2. The molecule has 0 unspecified atom stereocenters. The van der Waals surface area contributed by atoms with Crippen molar-refractivity contribution in [3.63, 3.8) is 0 Å². The van der Waals surface area contributed by atoms with Gasteiger partial charge in [-0.2, -0.15) is 0 Å². The first-order valence-corrected chi connectivity index (χ1v) is 6.97. The Morgan fingerprint density at radius 1 is 0.826 bits per heavy atom. The van der Waals surface area contributed by atoms with E-state index in [1.165, 1.54) is 24.3 Å². The van der Waals surface area contributed by atoms with Gasteiger partial charge in [-0.1, -0.05) is 18.2 Å². The summed E-state index contributed by atoms with van der Waals surface area (Å²) in [6, 6.07) is 11.5. The second-order valence-corrected chi connectivity index (χ2v) is 5.12. The number of hydrogen-bond donors (Lipinski definition) is 3. The van der Waals surface area contributed by atoms with Crippen molar-refractivity contribution in [1.82, 2.24) is 0 Å². The van der Waals surface area contributed by atoms with Crippen molar-refractivity contribution in [2.24, 2.45) is 5.73 Å². The Balaban J connectivity index is 2.05. The fourth-order valence-corrected chi connectivity index (χ4v) is 2.09. The van der Waals surface area contributed by atoms with Gasteiger partial charge in [0.05, 0.1) is 0 Å². The Labute approximate surface area is 133 Å². The number of anilines is 2. The van der Waals surface area contributed by atoms with Crippen LogP contribution >= 0.6 is 0 Å². The van der Waals surface area contributed by atoms with E-state index in [0.29, 0.717) is 16.9 Å². The summed E-state index contributed by atoms with van der Waals surface area (Å²) < 4.78 is 0. The maximum Gasteiger partial charge on any atom is 0.314 e. The highest BCUT2D eigenvalue weighted by molar-refractivity contribution is 6.43. The summed E-state index contributed by atoms with van der Waals surface area (Å²) in [5, 5.41) is 5.07. The van der Waals surface area contributed by atoms with Gasteiger partial charge in [-0.05, 0) is 49.2 Å². The Hall–Kier alpha value is -3.15. The molecule has 23 heavy (non-hydrogen) atoms. The largest absolute Gasteiger partial charge is 0.366 e. The first-order chi connectivity index (χ1) is 10.9. The zero-order valence-corrected chi connectivity index (χ0v) is 12.8. The van der Waals surface area contributed by atoms with Crippen LogP contribution in [0.4, 0.5) is 11.4 Å². The Morgan fingerprint density at radius 2 is 1.35 bits per heavy atom. The van der Waals surface area contributed by atoms with Crippen LogP contribution in [0.15, 0.2) is 42.5 Å². The van der Waals surface area contributed by atoms with Crippen LogP contribution in [-0.4, -0.2) is 17.7 Å². The van der Waals surface area contributed by atoms with Crippen LogP contribution in [0.25, 0.3) is 0 Å². The van der Waals surface area contributed by atoms with E-state index in [1.54, 1.807) is 0 Å². The number of hydrogen-bond acceptors (Lipinski definition) is 3.